The third-order valence-electron chi connectivity index (χ3n) is 4.23. The number of ether oxygens (including phenoxy) is 2. The molecular formula is C19H15Cl2N3O3S. The summed E-state index contributed by atoms with van der Waals surface area (Å²) in [6, 6.07) is 12.6. The molecule has 0 aliphatic carbocycles. The number of cyclic esters (lactones) is 1. The van der Waals surface area contributed by atoms with Gasteiger partial charge in [-0.3, -0.25) is 9.36 Å². The van der Waals surface area contributed by atoms with Crippen LogP contribution in [0.5, 0.6) is 5.75 Å². The van der Waals surface area contributed by atoms with Crippen LogP contribution >= 0.6 is 35.0 Å². The van der Waals surface area contributed by atoms with Crippen LogP contribution < -0.4 is 4.74 Å². The van der Waals surface area contributed by atoms with E-state index in [9.17, 15) is 4.79 Å². The Labute approximate surface area is 175 Å². The SMILES string of the molecule is COc1ccc(Cl)cc1-n1c(SC2CCOC2=O)nnc1-c1cccc(Cl)c1. The van der Waals surface area contributed by atoms with Crippen molar-refractivity contribution in [3.05, 3.63) is 52.5 Å². The van der Waals surface area contributed by atoms with Crippen molar-refractivity contribution in [2.75, 3.05) is 13.7 Å². The Bertz CT molecular complexity index is 1040. The number of hydrogen-bond acceptors (Lipinski definition) is 6. The Kier molecular flexibility index (Phi) is 5.48. The van der Waals surface area contributed by atoms with Crippen molar-refractivity contribution >= 4 is 40.9 Å². The summed E-state index contributed by atoms with van der Waals surface area (Å²) in [5.74, 6) is 0.919. The van der Waals surface area contributed by atoms with Gasteiger partial charge < -0.3 is 9.47 Å². The number of carbonyl (C=O) groups excluding carboxylic acids is 1. The maximum absolute atomic E-state index is 12.0. The molecule has 1 unspecified atom stereocenters. The molecule has 0 saturated carbocycles. The Balaban J connectivity index is 1.89. The molecule has 1 aliphatic heterocycles. The molecule has 0 N–H and O–H groups in total. The van der Waals surface area contributed by atoms with E-state index in [0.717, 1.165) is 5.56 Å². The molecule has 1 fully saturated rings. The van der Waals surface area contributed by atoms with E-state index in [1.807, 2.05) is 16.7 Å². The quantitative estimate of drug-likeness (QED) is 0.543. The number of benzene rings is 2. The van der Waals surface area contributed by atoms with Gasteiger partial charge >= 0.3 is 5.97 Å². The van der Waals surface area contributed by atoms with Crippen LogP contribution in [0.4, 0.5) is 0 Å². The van der Waals surface area contributed by atoms with Gasteiger partial charge in [-0.2, -0.15) is 0 Å². The molecule has 144 valence electrons. The maximum atomic E-state index is 12.0. The van der Waals surface area contributed by atoms with E-state index in [-0.39, 0.29) is 11.2 Å². The number of methoxy groups -OCH3 is 1. The number of esters is 1. The topological polar surface area (TPSA) is 66.2 Å². The second-order valence-electron chi connectivity index (χ2n) is 6.03. The first-order valence-corrected chi connectivity index (χ1v) is 10.1. The van der Waals surface area contributed by atoms with Gasteiger partial charge in [-0.05, 0) is 30.3 Å². The molecule has 6 nitrogen and oxygen atoms in total. The summed E-state index contributed by atoms with van der Waals surface area (Å²) >= 11 is 13.7. The fraction of sp³-hybridized carbons (Fsp3) is 0.211. The maximum Gasteiger partial charge on any atom is 0.319 e. The van der Waals surface area contributed by atoms with Crippen molar-refractivity contribution in [1.29, 1.82) is 0 Å². The first-order chi connectivity index (χ1) is 13.6. The Morgan fingerprint density at radius 3 is 2.71 bits per heavy atom. The number of hydrogen-bond donors (Lipinski definition) is 0. The lowest BCUT2D eigenvalue weighted by molar-refractivity contribution is -0.137. The van der Waals surface area contributed by atoms with E-state index in [0.29, 0.717) is 45.5 Å². The van der Waals surface area contributed by atoms with E-state index in [2.05, 4.69) is 10.2 Å². The molecule has 2 heterocycles. The van der Waals surface area contributed by atoms with Crippen molar-refractivity contribution in [2.45, 2.75) is 16.8 Å². The second-order valence-corrected chi connectivity index (χ2v) is 8.07. The van der Waals surface area contributed by atoms with Crippen molar-refractivity contribution in [1.82, 2.24) is 14.8 Å². The van der Waals surface area contributed by atoms with Gasteiger partial charge in [0, 0.05) is 22.0 Å². The smallest absolute Gasteiger partial charge is 0.319 e. The summed E-state index contributed by atoms with van der Waals surface area (Å²) in [4.78, 5) is 12.0. The first-order valence-electron chi connectivity index (χ1n) is 8.45. The second kappa shape index (κ2) is 8.03. The van der Waals surface area contributed by atoms with E-state index >= 15 is 0 Å². The van der Waals surface area contributed by atoms with Crippen molar-refractivity contribution < 1.29 is 14.3 Å². The number of thioether (sulfide) groups is 1. The van der Waals surface area contributed by atoms with Crippen LogP contribution in [0.15, 0.2) is 47.6 Å². The number of aromatic nitrogens is 3. The predicted octanol–water partition coefficient (Wildman–Crippen LogP) is 4.66. The van der Waals surface area contributed by atoms with Gasteiger partial charge in [0.1, 0.15) is 11.0 Å². The first kappa shape index (κ1) is 19.1. The average Bonchev–Trinajstić information content (AvgIpc) is 3.28. The lowest BCUT2D eigenvalue weighted by Gasteiger charge is -2.15. The van der Waals surface area contributed by atoms with E-state index in [1.165, 1.54) is 11.8 Å². The van der Waals surface area contributed by atoms with Crippen molar-refractivity contribution in [2.24, 2.45) is 0 Å². The van der Waals surface area contributed by atoms with Crippen LogP contribution in [0.25, 0.3) is 17.1 Å². The average molecular weight is 436 g/mol. The predicted molar refractivity (Wildman–Crippen MR) is 109 cm³/mol. The third-order valence-corrected chi connectivity index (χ3v) is 5.89. The Hall–Kier alpha value is -2.22. The summed E-state index contributed by atoms with van der Waals surface area (Å²) in [6.45, 7) is 0.409. The summed E-state index contributed by atoms with van der Waals surface area (Å²) in [5.41, 5.74) is 1.45. The molecule has 0 amide bonds. The minimum Gasteiger partial charge on any atom is -0.495 e. The van der Waals surface area contributed by atoms with Crippen LogP contribution in [0.3, 0.4) is 0 Å². The van der Waals surface area contributed by atoms with Crippen LogP contribution in [0.2, 0.25) is 10.0 Å². The molecule has 1 atom stereocenters. The van der Waals surface area contributed by atoms with Gasteiger partial charge in [-0.1, -0.05) is 47.1 Å². The van der Waals surface area contributed by atoms with E-state index in [1.54, 1.807) is 37.4 Å². The molecule has 28 heavy (non-hydrogen) atoms. The van der Waals surface area contributed by atoms with Gasteiger partial charge in [-0.15, -0.1) is 10.2 Å². The molecule has 9 heteroatoms. The molecule has 1 aliphatic rings. The molecule has 1 saturated heterocycles. The van der Waals surface area contributed by atoms with Gasteiger partial charge in [0.25, 0.3) is 0 Å². The molecular weight excluding hydrogens is 421 g/mol. The highest BCUT2D eigenvalue weighted by atomic mass is 35.5. The van der Waals surface area contributed by atoms with Gasteiger partial charge in [0.05, 0.1) is 19.4 Å². The van der Waals surface area contributed by atoms with Crippen LogP contribution in [-0.2, 0) is 9.53 Å². The number of halogens is 2. The van der Waals surface area contributed by atoms with Crippen LogP contribution in [-0.4, -0.2) is 39.7 Å². The van der Waals surface area contributed by atoms with Crippen LogP contribution in [0.1, 0.15) is 6.42 Å². The Morgan fingerprint density at radius 1 is 1.18 bits per heavy atom. The lowest BCUT2D eigenvalue weighted by atomic mass is 10.2. The number of rotatable bonds is 5. The summed E-state index contributed by atoms with van der Waals surface area (Å²) in [6.07, 6.45) is 0.621. The highest BCUT2D eigenvalue weighted by Crippen LogP contribution is 2.37. The van der Waals surface area contributed by atoms with Crippen LogP contribution in [0, 0.1) is 0 Å². The zero-order chi connectivity index (χ0) is 19.7. The molecule has 3 aromatic rings. The standard InChI is InChI=1S/C19H15Cl2N3O3S/c1-26-15-6-5-13(21)10-14(15)24-17(11-3-2-4-12(20)9-11)22-23-19(24)28-16-7-8-27-18(16)25/h2-6,9-10,16H,7-8H2,1H3. The van der Waals surface area contributed by atoms with Gasteiger partial charge in [0.15, 0.2) is 11.0 Å². The summed E-state index contributed by atoms with van der Waals surface area (Å²) in [7, 11) is 1.58. The molecule has 4 rings (SSSR count). The van der Waals surface area contributed by atoms with Gasteiger partial charge in [-0.25, -0.2) is 0 Å². The monoisotopic (exact) mass is 435 g/mol. The molecule has 0 spiro atoms. The third kappa shape index (κ3) is 3.70. The highest BCUT2D eigenvalue weighted by Gasteiger charge is 2.31. The molecule has 1 aromatic heterocycles. The Morgan fingerprint density at radius 2 is 2.00 bits per heavy atom. The number of carbonyl (C=O) groups is 1. The summed E-state index contributed by atoms with van der Waals surface area (Å²) < 4.78 is 12.4. The zero-order valence-electron chi connectivity index (χ0n) is 14.8. The lowest BCUT2D eigenvalue weighted by Crippen LogP contribution is -2.11. The van der Waals surface area contributed by atoms with Crippen molar-refractivity contribution in [3.8, 4) is 22.8 Å². The van der Waals surface area contributed by atoms with E-state index in [4.69, 9.17) is 32.7 Å². The summed E-state index contributed by atoms with van der Waals surface area (Å²) in [5, 5.41) is 10.0. The molecule has 0 radical (unpaired) electrons. The number of nitrogens with zero attached hydrogens (tertiary/aromatic N) is 3. The minimum atomic E-state index is -0.333. The van der Waals surface area contributed by atoms with E-state index < -0.39 is 0 Å². The van der Waals surface area contributed by atoms with Crippen molar-refractivity contribution in [3.63, 3.8) is 0 Å². The van der Waals surface area contributed by atoms with Gasteiger partial charge in [0.2, 0.25) is 0 Å². The molecule has 2 aromatic carbocycles. The normalized spacial score (nSPS) is 16.2. The molecule has 0 bridgehead atoms. The fourth-order valence-corrected chi connectivity index (χ4v) is 4.30. The fourth-order valence-electron chi connectivity index (χ4n) is 2.93. The minimum absolute atomic E-state index is 0.248. The highest BCUT2D eigenvalue weighted by molar-refractivity contribution is 8.00. The largest absolute Gasteiger partial charge is 0.495 e. The zero-order valence-corrected chi connectivity index (χ0v) is 17.1.